The molecule has 0 spiro atoms. The molecule has 2 unspecified atom stereocenters. The van der Waals surface area contributed by atoms with E-state index in [0.717, 1.165) is 19.3 Å². The quantitative estimate of drug-likeness (QED) is 0.892. The smallest absolute Gasteiger partial charge is 0.126 e. The molecule has 2 nitrogen and oxygen atoms in total. The van der Waals surface area contributed by atoms with Crippen molar-refractivity contribution in [1.29, 1.82) is 0 Å². The first-order valence-electron chi connectivity index (χ1n) is 6.63. The molecule has 1 aromatic rings. The van der Waals surface area contributed by atoms with Crippen LogP contribution in [0.2, 0.25) is 0 Å². The fraction of sp³-hybridized carbons (Fsp3) is 0.600. The highest BCUT2D eigenvalue weighted by molar-refractivity contribution is 5.18. The molecule has 0 aliphatic carbocycles. The number of hydrogen-bond donors (Lipinski definition) is 1. The molecule has 1 saturated heterocycles. The lowest BCUT2D eigenvalue weighted by molar-refractivity contribution is -0.0206. The predicted molar refractivity (Wildman–Crippen MR) is 70.9 cm³/mol. The maximum atomic E-state index is 13.5. The van der Waals surface area contributed by atoms with Gasteiger partial charge in [0, 0.05) is 6.04 Å². The van der Waals surface area contributed by atoms with Gasteiger partial charge in [-0.15, -0.1) is 0 Å². The zero-order valence-electron chi connectivity index (χ0n) is 11.2. The summed E-state index contributed by atoms with van der Waals surface area (Å²) in [6, 6.07) is 6.79. The van der Waals surface area contributed by atoms with Crippen molar-refractivity contribution in [3.8, 4) is 0 Å². The fourth-order valence-corrected chi connectivity index (χ4v) is 2.61. The average Bonchev–Trinajstić information content (AvgIpc) is 2.61. The molecule has 0 amide bonds. The van der Waals surface area contributed by atoms with Crippen molar-refractivity contribution in [3.05, 3.63) is 35.6 Å². The first-order chi connectivity index (χ1) is 8.46. The normalized spacial score (nSPS) is 24.1. The summed E-state index contributed by atoms with van der Waals surface area (Å²) in [6.07, 6.45) is 3.73. The molecule has 1 fully saturated rings. The van der Waals surface area contributed by atoms with Crippen LogP contribution in [0.4, 0.5) is 4.39 Å². The van der Waals surface area contributed by atoms with E-state index in [0.29, 0.717) is 12.0 Å². The number of halogens is 1. The minimum atomic E-state index is -0.166. The van der Waals surface area contributed by atoms with Gasteiger partial charge in [0.1, 0.15) is 5.82 Å². The summed E-state index contributed by atoms with van der Waals surface area (Å²) >= 11 is 0. The second-order valence-corrected chi connectivity index (χ2v) is 5.83. The van der Waals surface area contributed by atoms with Crippen LogP contribution in [-0.4, -0.2) is 17.7 Å². The molecule has 0 radical (unpaired) electrons. The molecule has 0 aromatic heterocycles. The molecule has 0 bridgehead atoms. The third-order valence-corrected chi connectivity index (χ3v) is 3.56. The van der Waals surface area contributed by atoms with E-state index in [4.69, 9.17) is 10.5 Å². The van der Waals surface area contributed by atoms with E-state index in [2.05, 4.69) is 13.8 Å². The van der Waals surface area contributed by atoms with Crippen molar-refractivity contribution in [2.45, 2.75) is 57.3 Å². The molecule has 1 aliphatic heterocycles. The van der Waals surface area contributed by atoms with Crippen LogP contribution in [0.25, 0.3) is 0 Å². The van der Waals surface area contributed by atoms with E-state index >= 15 is 0 Å². The zero-order valence-corrected chi connectivity index (χ0v) is 11.2. The SMILES string of the molecule is CC1(C)CCC(CC(N)Cc2ccccc2F)O1. The van der Waals surface area contributed by atoms with Gasteiger partial charge in [-0.2, -0.15) is 0 Å². The van der Waals surface area contributed by atoms with E-state index in [9.17, 15) is 4.39 Å². The highest BCUT2D eigenvalue weighted by atomic mass is 19.1. The maximum Gasteiger partial charge on any atom is 0.126 e. The van der Waals surface area contributed by atoms with Crippen LogP contribution in [0.3, 0.4) is 0 Å². The summed E-state index contributed by atoms with van der Waals surface area (Å²) in [5, 5.41) is 0. The number of nitrogens with two attached hydrogens (primary N) is 1. The fourth-order valence-electron chi connectivity index (χ4n) is 2.61. The van der Waals surface area contributed by atoms with Crippen LogP contribution in [0.1, 0.15) is 38.7 Å². The van der Waals surface area contributed by atoms with Crippen LogP contribution in [0, 0.1) is 5.82 Å². The first-order valence-corrected chi connectivity index (χ1v) is 6.63. The average molecular weight is 251 g/mol. The van der Waals surface area contributed by atoms with Gasteiger partial charge in [-0.25, -0.2) is 4.39 Å². The Morgan fingerprint density at radius 3 is 2.78 bits per heavy atom. The van der Waals surface area contributed by atoms with Crippen molar-refractivity contribution < 1.29 is 9.13 Å². The third kappa shape index (κ3) is 3.53. The monoisotopic (exact) mass is 251 g/mol. The Balaban J connectivity index is 1.86. The molecule has 0 saturated carbocycles. The van der Waals surface area contributed by atoms with Gasteiger partial charge in [-0.1, -0.05) is 18.2 Å². The Hall–Kier alpha value is -0.930. The van der Waals surface area contributed by atoms with Crippen LogP contribution < -0.4 is 5.73 Å². The third-order valence-electron chi connectivity index (χ3n) is 3.56. The van der Waals surface area contributed by atoms with Crippen LogP contribution in [0.15, 0.2) is 24.3 Å². The molecule has 2 atom stereocenters. The Bertz CT molecular complexity index is 405. The van der Waals surface area contributed by atoms with Crippen molar-refractivity contribution in [2.24, 2.45) is 5.73 Å². The molecule has 18 heavy (non-hydrogen) atoms. The number of ether oxygens (including phenoxy) is 1. The molecular weight excluding hydrogens is 229 g/mol. The van der Waals surface area contributed by atoms with Gasteiger partial charge >= 0.3 is 0 Å². The lowest BCUT2D eigenvalue weighted by Gasteiger charge is -2.21. The topological polar surface area (TPSA) is 35.2 Å². The molecule has 1 aliphatic rings. The summed E-state index contributed by atoms with van der Waals surface area (Å²) in [6.45, 7) is 4.21. The summed E-state index contributed by atoms with van der Waals surface area (Å²) in [4.78, 5) is 0. The molecule has 2 N–H and O–H groups in total. The standard InChI is InChI=1S/C15H22FNO/c1-15(2)8-7-13(18-15)10-12(17)9-11-5-3-4-6-14(11)16/h3-6,12-13H,7-10,17H2,1-2H3. The molecule has 2 rings (SSSR count). The molecule has 1 heterocycles. The minimum absolute atomic E-state index is 0.0254. The van der Waals surface area contributed by atoms with Crippen LogP contribution in [0.5, 0.6) is 0 Å². The maximum absolute atomic E-state index is 13.5. The number of rotatable bonds is 4. The minimum Gasteiger partial charge on any atom is -0.372 e. The molecule has 100 valence electrons. The Labute approximate surface area is 108 Å². The van der Waals surface area contributed by atoms with Gasteiger partial charge in [-0.3, -0.25) is 0 Å². The van der Waals surface area contributed by atoms with E-state index in [1.165, 1.54) is 6.07 Å². The lowest BCUT2D eigenvalue weighted by Crippen LogP contribution is -2.30. The largest absolute Gasteiger partial charge is 0.372 e. The van der Waals surface area contributed by atoms with Crippen molar-refractivity contribution >= 4 is 0 Å². The van der Waals surface area contributed by atoms with Gasteiger partial charge in [-0.05, 0) is 51.2 Å². The van der Waals surface area contributed by atoms with E-state index in [-0.39, 0.29) is 23.6 Å². The van der Waals surface area contributed by atoms with Crippen LogP contribution >= 0.6 is 0 Å². The zero-order chi connectivity index (χ0) is 13.2. The first kappa shape index (κ1) is 13.5. The molecular formula is C15H22FNO. The Morgan fingerprint density at radius 1 is 1.44 bits per heavy atom. The molecule has 1 aromatic carbocycles. The van der Waals surface area contributed by atoms with Crippen molar-refractivity contribution in [3.63, 3.8) is 0 Å². The number of benzene rings is 1. The Morgan fingerprint density at radius 2 is 2.17 bits per heavy atom. The summed E-state index contributed by atoms with van der Waals surface area (Å²) < 4.78 is 19.4. The second kappa shape index (κ2) is 5.37. The van der Waals surface area contributed by atoms with Gasteiger partial charge < -0.3 is 10.5 Å². The highest BCUT2D eigenvalue weighted by Crippen LogP contribution is 2.31. The van der Waals surface area contributed by atoms with E-state index in [1.54, 1.807) is 12.1 Å². The number of hydrogen-bond acceptors (Lipinski definition) is 2. The Kier molecular flexibility index (Phi) is 4.03. The highest BCUT2D eigenvalue weighted by Gasteiger charge is 2.32. The van der Waals surface area contributed by atoms with Gasteiger partial charge in [0.25, 0.3) is 0 Å². The van der Waals surface area contributed by atoms with E-state index in [1.807, 2.05) is 6.07 Å². The van der Waals surface area contributed by atoms with E-state index < -0.39 is 0 Å². The van der Waals surface area contributed by atoms with Crippen molar-refractivity contribution in [2.75, 3.05) is 0 Å². The predicted octanol–water partition coefficient (Wildman–Crippen LogP) is 3.04. The lowest BCUT2D eigenvalue weighted by atomic mass is 9.99. The van der Waals surface area contributed by atoms with Gasteiger partial charge in [0.15, 0.2) is 0 Å². The second-order valence-electron chi connectivity index (χ2n) is 5.83. The van der Waals surface area contributed by atoms with Gasteiger partial charge in [0.2, 0.25) is 0 Å². The summed E-state index contributed by atoms with van der Waals surface area (Å²) in [7, 11) is 0. The van der Waals surface area contributed by atoms with Gasteiger partial charge in [0.05, 0.1) is 11.7 Å². The van der Waals surface area contributed by atoms with Crippen molar-refractivity contribution in [1.82, 2.24) is 0 Å². The molecule has 3 heteroatoms. The summed E-state index contributed by atoms with van der Waals surface area (Å²) in [5.74, 6) is -0.166. The van der Waals surface area contributed by atoms with Crippen LogP contribution in [-0.2, 0) is 11.2 Å². The summed E-state index contributed by atoms with van der Waals surface area (Å²) in [5.41, 5.74) is 6.77.